The Morgan fingerprint density at radius 2 is 2.00 bits per heavy atom. The molecular formula is C13H17ClO3. The van der Waals surface area contributed by atoms with E-state index in [1.807, 2.05) is 0 Å². The zero-order valence-corrected chi connectivity index (χ0v) is 10.9. The van der Waals surface area contributed by atoms with E-state index in [1.165, 1.54) is 7.11 Å². The summed E-state index contributed by atoms with van der Waals surface area (Å²) in [6.45, 7) is 2.07. The van der Waals surface area contributed by atoms with Crippen LogP contribution in [0.2, 0.25) is 5.02 Å². The van der Waals surface area contributed by atoms with Crippen molar-refractivity contribution in [2.75, 3.05) is 7.11 Å². The lowest BCUT2D eigenvalue weighted by atomic mass is 10.1. The van der Waals surface area contributed by atoms with Crippen LogP contribution in [0, 0.1) is 0 Å². The van der Waals surface area contributed by atoms with Crippen LogP contribution in [0.1, 0.15) is 26.2 Å². The molecule has 0 aliphatic heterocycles. The molecule has 4 heteroatoms. The van der Waals surface area contributed by atoms with Crippen LogP contribution in [0.15, 0.2) is 24.3 Å². The molecule has 0 fully saturated rings. The smallest absolute Gasteiger partial charge is 0.347 e. The van der Waals surface area contributed by atoms with Crippen LogP contribution in [0.4, 0.5) is 0 Å². The second kappa shape index (κ2) is 7.17. The highest BCUT2D eigenvalue weighted by Gasteiger charge is 2.20. The SMILES string of the molecule is CCCC[C@H](Oc1ccc(Cl)cc1)C(=O)OC. The van der Waals surface area contributed by atoms with Crippen molar-refractivity contribution in [1.82, 2.24) is 0 Å². The molecule has 0 saturated heterocycles. The van der Waals surface area contributed by atoms with Crippen molar-refractivity contribution in [3.05, 3.63) is 29.3 Å². The third-order valence-corrected chi connectivity index (χ3v) is 2.63. The fourth-order valence-corrected chi connectivity index (χ4v) is 1.55. The Hall–Kier alpha value is -1.22. The number of benzene rings is 1. The van der Waals surface area contributed by atoms with Gasteiger partial charge in [-0.3, -0.25) is 0 Å². The van der Waals surface area contributed by atoms with Gasteiger partial charge >= 0.3 is 5.97 Å². The summed E-state index contributed by atoms with van der Waals surface area (Å²) >= 11 is 5.77. The molecule has 0 radical (unpaired) electrons. The summed E-state index contributed by atoms with van der Waals surface area (Å²) in [6, 6.07) is 6.94. The predicted molar refractivity (Wildman–Crippen MR) is 67.4 cm³/mol. The highest BCUT2D eigenvalue weighted by molar-refractivity contribution is 6.30. The Morgan fingerprint density at radius 1 is 1.35 bits per heavy atom. The lowest BCUT2D eigenvalue weighted by Crippen LogP contribution is -2.28. The van der Waals surface area contributed by atoms with Crippen LogP contribution in [0.25, 0.3) is 0 Å². The van der Waals surface area contributed by atoms with Gasteiger partial charge in [-0.25, -0.2) is 4.79 Å². The number of methoxy groups -OCH3 is 1. The van der Waals surface area contributed by atoms with Gasteiger partial charge in [0.2, 0.25) is 0 Å². The summed E-state index contributed by atoms with van der Waals surface area (Å²) in [6.07, 6.45) is 2.05. The molecule has 0 bridgehead atoms. The van der Waals surface area contributed by atoms with E-state index >= 15 is 0 Å². The Morgan fingerprint density at radius 3 is 2.53 bits per heavy atom. The highest BCUT2D eigenvalue weighted by Crippen LogP contribution is 2.18. The molecule has 94 valence electrons. The minimum absolute atomic E-state index is 0.339. The maximum absolute atomic E-state index is 11.5. The Bertz CT molecular complexity index is 348. The summed E-state index contributed by atoms with van der Waals surface area (Å²) in [4.78, 5) is 11.5. The number of ether oxygens (including phenoxy) is 2. The van der Waals surface area contributed by atoms with Crippen molar-refractivity contribution in [3.63, 3.8) is 0 Å². The Labute approximate surface area is 107 Å². The molecule has 1 atom stereocenters. The second-order valence-corrected chi connectivity index (χ2v) is 4.16. The van der Waals surface area contributed by atoms with Crippen LogP contribution in [-0.2, 0) is 9.53 Å². The Kier molecular flexibility index (Phi) is 5.84. The van der Waals surface area contributed by atoms with Crippen LogP contribution in [-0.4, -0.2) is 19.2 Å². The van der Waals surface area contributed by atoms with Crippen LogP contribution in [0.5, 0.6) is 5.75 Å². The lowest BCUT2D eigenvalue weighted by Gasteiger charge is -2.16. The molecule has 0 saturated carbocycles. The van der Waals surface area contributed by atoms with Gasteiger partial charge in [0.15, 0.2) is 6.10 Å². The molecule has 3 nitrogen and oxygen atoms in total. The maximum Gasteiger partial charge on any atom is 0.347 e. The van der Waals surface area contributed by atoms with E-state index in [0.29, 0.717) is 17.2 Å². The van der Waals surface area contributed by atoms with Gasteiger partial charge in [0.1, 0.15) is 5.75 Å². The average Bonchev–Trinajstić information content (AvgIpc) is 2.36. The van der Waals surface area contributed by atoms with E-state index in [-0.39, 0.29) is 5.97 Å². The Balaban J connectivity index is 2.64. The van der Waals surface area contributed by atoms with Gasteiger partial charge in [-0.05, 0) is 37.1 Å². The maximum atomic E-state index is 11.5. The minimum atomic E-state index is -0.541. The number of esters is 1. The van der Waals surface area contributed by atoms with Crippen molar-refractivity contribution in [2.24, 2.45) is 0 Å². The van der Waals surface area contributed by atoms with Crippen molar-refractivity contribution < 1.29 is 14.3 Å². The first-order valence-electron chi connectivity index (χ1n) is 5.67. The summed E-state index contributed by atoms with van der Waals surface area (Å²) in [5.74, 6) is 0.286. The number of unbranched alkanes of at least 4 members (excludes halogenated alkanes) is 1. The molecule has 1 rings (SSSR count). The lowest BCUT2D eigenvalue weighted by molar-refractivity contribution is -0.149. The van der Waals surface area contributed by atoms with Crippen LogP contribution < -0.4 is 4.74 Å². The summed E-state index contributed by atoms with van der Waals surface area (Å²) < 4.78 is 10.3. The average molecular weight is 257 g/mol. The van der Waals surface area contributed by atoms with E-state index < -0.39 is 6.10 Å². The molecule has 0 heterocycles. The van der Waals surface area contributed by atoms with E-state index in [2.05, 4.69) is 6.92 Å². The molecule has 1 aromatic carbocycles. The minimum Gasteiger partial charge on any atom is -0.479 e. The van der Waals surface area contributed by atoms with Gasteiger partial charge < -0.3 is 9.47 Å². The highest BCUT2D eigenvalue weighted by atomic mass is 35.5. The van der Waals surface area contributed by atoms with Gasteiger partial charge in [0, 0.05) is 5.02 Å². The number of carbonyl (C=O) groups excluding carboxylic acids is 1. The quantitative estimate of drug-likeness (QED) is 0.732. The first-order chi connectivity index (χ1) is 8.17. The van der Waals surface area contributed by atoms with E-state index in [4.69, 9.17) is 21.1 Å². The first kappa shape index (κ1) is 13.8. The summed E-state index contributed by atoms with van der Waals surface area (Å²) in [5.41, 5.74) is 0. The third kappa shape index (κ3) is 4.65. The normalized spacial score (nSPS) is 11.9. The van der Waals surface area contributed by atoms with Gasteiger partial charge in [-0.1, -0.05) is 24.9 Å². The van der Waals surface area contributed by atoms with Crippen molar-refractivity contribution >= 4 is 17.6 Å². The first-order valence-corrected chi connectivity index (χ1v) is 6.05. The number of halogens is 1. The van der Waals surface area contributed by atoms with Crippen molar-refractivity contribution in [1.29, 1.82) is 0 Å². The number of hydrogen-bond acceptors (Lipinski definition) is 3. The van der Waals surface area contributed by atoms with Crippen molar-refractivity contribution in [2.45, 2.75) is 32.3 Å². The molecular weight excluding hydrogens is 240 g/mol. The van der Waals surface area contributed by atoms with E-state index in [1.54, 1.807) is 24.3 Å². The summed E-state index contributed by atoms with van der Waals surface area (Å²) in [5, 5.41) is 0.639. The third-order valence-electron chi connectivity index (χ3n) is 2.38. The van der Waals surface area contributed by atoms with Gasteiger partial charge in [0.05, 0.1) is 7.11 Å². The van der Waals surface area contributed by atoms with Crippen molar-refractivity contribution in [3.8, 4) is 5.75 Å². The standard InChI is InChI=1S/C13H17ClO3/c1-3-4-5-12(13(15)16-2)17-11-8-6-10(14)7-9-11/h6-9,12H,3-5H2,1-2H3/t12-/m0/s1. The fraction of sp³-hybridized carbons (Fsp3) is 0.462. The van der Waals surface area contributed by atoms with Gasteiger partial charge in [0.25, 0.3) is 0 Å². The molecule has 0 aliphatic rings. The summed E-state index contributed by atoms with van der Waals surface area (Å²) in [7, 11) is 1.37. The second-order valence-electron chi connectivity index (χ2n) is 3.73. The monoisotopic (exact) mass is 256 g/mol. The van der Waals surface area contributed by atoms with E-state index in [9.17, 15) is 4.79 Å². The molecule has 0 N–H and O–H groups in total. The molecule has 1 aromatic rings. The number of rotatable bonds is 6. The predicted octanol–water partition coefficient (Wildman–Crippen LogP) is 3.45. The van der Waals surface area contributed by atoms with Crippen LogP contribution >= 0.6 is 11.6 Å². The molecule has 17 heavy (non-hydrogen) atoms. The zero-order chi connectivity index (χ0) is 12.7. The molecule has 0 unspecified atom stereocenters. The van der Waals surface area contributed by atoms with Gasteiger partial charge in [-0.15, -0.1) is 0 Å². The zero-order valence-electron chi connectivity index (χ0n) is 10.1. The largest absolute Gasteiger partial charge is 0.479 e. The van der Waals surface area contributed by atoms with Crippen LogP contribution in [0.3, 0.4) is 0 Å². The molecule has 0 aliphatic carbocycles. The van der Waals surface area contributed by atoms with E-state index in [0.717, 1.165) is 12.8 Å². The fourth-order valence-electron chi connectivity index (χ4n) is 1.42. The van der Waals surface area contributed by atoms with Gasteiger partial charge in [-0.2, -0.15) is 0 Å². The number of carbonyl (C=O) groups is 1. The number of hydrogen-bond donors (Lipinski definition) is 0. The molecule has 0 spiro atoms. The molecule has 0 aromatic heterocycles. The molecule has 0 amide bonds. The topological polar surface area (TPSA) is 35.5 Å².